The Balaban J connectivity index is 2.24. The number of benzene rings is 1. The summed E-state index contributed by atoms with van der Waals surface area (Å²) >= 11 is 13.6. The largest absolute Gasteiger partial charge is 0.464 e. The Morgan fingerprint density at radius 1 is 1.32 bits per heavy atom. The molecule has 4 nitrogen and oxygen atoms in total. The van der Waals surface area contributed by atoms with Gasteiger partial charge in [0.2, 0.25) is 0 Å². The van der Waals surface area contributed by atoms with Crippen LogP contribution in [-0.2, 0) is 9.53 Å². The standard InChI is InChI=1S/C18H23Cl2NO3S/c1-4-5-8-24-18(23)15-10-25-17(11(2)3)21(15)16(22)12-6-7-13(19)14(20)9-12/h6-7,9,11,15,17H,4-5,8,10H2,1-3H3. The lowest BCUT2D eigenvalue weighted by molar-refractivity contribution is -0.148. The highest BCUT2D eigenvalue weighted by Crippen LogP contribution is 2.36. The third kappa shape index (κ3) is 4.83. The first kappa shape index (κ1) is 20.4. The van der Waals surface area contributed by atoms with E-state index < -0.39 is 6.04 Å². The molecule has 138 valence electrons. The highest BCUT2D eigenvalue weighted by molar-refractivity contribution is 8.00. The van der Waals surface area contributed by atoms with E-state index >= 15 is 0 Å². The van der Waals surface area contributed by atoms with E-state index in [1.54, 1.807) is 34.9 Å². The lowest BCUT2D eigenvalue weighted by Gasteiger charge is -2.30. The van der Waals surface area contributed by atoms with Gasteiger partial charge in [0.25, 0.3) is 5.91 Å². The van der Waals surface area contributed by atoms with Gasteiger partial charge in [0.05, 0.1) is 22.0 Å². The number of unbranched alkanes of at least 4 members (excludes halogenated alkanes) is 1. The highest BCUT2D eigenvalue weighted by Gasteiger charge is 2.43. The number of nitrogens with zero attached hydrogens (tertiary/aromatic N) is 1. The minimum absolute atomic E-state index is 0.0781. The van der Waals surface area contributed by atoms with Crippen LogP contribution in [0, 0.1) is 5.92 Å². The second-order valence-electron chi connectivity index (χ2n) is 6.35. The van der Waals surface area contributed by atoms with E-state index in [0.717, 1.165) is 12.8 Å². The Labute approximate surface area is 163 Å². The van der Waals surface area contributed by atoms with Crippen molar-refractivity contribution in [2.45, 2.75) is 45.0 Å². The molecule has 0 aliphatic carbocycles. The first-order valence-electron chi connectivity index (χ1n) is 8.42. The van der Waals surface area contributed by atoms with Crippen LogP contribution in [0.15, 0.2) is 18.2 Å². The molecule has 1 fully saturated rings. The molecular formula is C18H23Cl2NO3S. The SMILES string of the molecule is CCCCOC(=O)C1CSC(C(C)C)N1C(=O)c1ccc(Cl)c(Cl)c1. The van der Waals surface area contributed by atoms with E-state index in [9.17, 15) is 9.59 Å². The molecule has 1 aromatic carbocycles. The molecule has 0 bridgehead atoms. The minimum Gasteiger partial charge on any atom is -0.464 e. The number of rotatable bonds is 6. The maximum Gasteiger partial charge on any atom is 0.329 e. The zero-order valence-corrected chi connectivity index (χ0v) is 17.0. The molecule has 0 spiro atoms. The molecule has 2 rings (SSSR count). The molecule has 1 aliphatic rings. The molecule has 2 unspecified atom stereocenters. The Morgan fingerprint density at radius 2 is 2.04 bits per heavy atom. The minimum atomic E-state index is -0.573. The number of esters is 1. The summed E-state index contributed by atoms with van der Waals surface area (Å²) in [5.74, 6) is 0.198. The van der Waals surface area contributed by atoms with Gasteiger partial charge >= 0.3 is 5.97 Å². The van der Waals surface area contributed by atoms with E-state index in [-0.39, 0.29) is 23.2 Å². The van der Waals surface area contributed by atoms with E-state index in [0.29, 0.717) is 28.0 Å². The van der Waals surface area contributed by atoms with Gasteiger partial charge in [-0.15, -0.1) is 11.8 Å². The first-order chi connectivity index (χ1) is 11.9. The summed E-state index contributed by atoms with van der Waals surface area (Å²) in [6.07, 6.45) is 1.77. The fraction of sp³-hybridized carbons (Fsp3) is 0.556. The molecule has 0 N–H and O–H groups in total. The van der Waals surface area contributed by atoms with Gasteiger partial charge in [-0.1, -0.05) is 50.4 Å². The Kier molecular flexibility index (Phi) is 7.47. The second kappa shape index (κ2) is 9.15. The zero-order valence-electron chi connectivity index (χ0n) is 14.6. The van der Waals surface area contributed by atoms with Crippen LogP contribution in [0.25, 0.3) is 0 Å². The van der Waals surface area contributed by atoms with Crippen molar-refractivity contribution in [1.82, 2.24) is 4.90 Å². The van der Waals surface area contributed by atoms with Crippen molar-refractivity contribution in [2.24, 2.45) is 5.92 Å². The maximum absolute atomic E-state index is 13.1. The zero-order chi connectivity index (χ0) is 18.6. The molecule has 1 saturated heterocycles. The number of hydrogen-bond donors (Lipinski definition) is 0. The fourth-order valence-corrected chi connectivity index (χ4v) is 4.43. The summed E-state index contributed by atoms with van der Waals surface area (Å²) in [4.78, 5) is 27.2. The van der Waals surface area contributed by atoms with Crippen molar-refractivity contribution in [3.8, 4) is 0 Å². The van der Waals surface area contributed by atoms with Crippen LogP contribution >= 0.6 is 35.0 Å². The summed E-state index contributed by atoms with van der Waals surface area (Å²) in [5.41, 5.74) is 0.425. The lowest BCUT2D eigenvalue weighted by atomic mass is 10.1. The van der Waals surface area contributed by atoms with Crippen LogP contribution < -0.4 is 0 Å². The second-order valence-corrected chi connectivity index (χ2v) is 8.31. The summed E-state index contributed by atoms with van der Waals surface area (Å²) in [6.45, 7) is 6.50. The van der Waals surface area contributed by atoms with E-state index in [4.69, 9.17) is 27.9 Å². The third-order valence-electron chi connectivity index (χ3n) is 4.02. The normalized spacial score (nSPS) is 20.2. The molecule has 0 aromatic heterocycles. The number of hydrogen-bond acceptors (Lipinski definition) is 4. The molecule has 1 amide bonds. The summed E-state index contributed by atoms with van der Waals surface area (Å²) in [6, 6.07) is 4.21. The summed E-state index contributed by atoms with van der Waals surface area (Å²) < 4.78 is 5.36. The van der Waals surface area contributed by atoms with Crippen LogP contribution in [0.1, 0.15) is 44.0 Å². The summed E-state index contributed by atoms with van der Waals surface area (Å²) in [7, 11) is 0. The van der Waals surface area contributed by atoms with Gasteiger partial charge in [0.15, 0.2) is 0 Å². The number of thioether (sulfide) groups is 1. The van der Waals surface area contributed by atoms with E-state index in [1.165, 1.54) is 0 Å². The van der Waals surface area contributed by atoms with Crippen molar-refractivity contribution in [3.63, 3.8) is 0 Å². The van der Waals surface area contributed by atoms with E-state index in [2.05, 4.69) is 0 Å². The molecular weight excluding hydrogens is 381 g/mol. The number of halogens is 2. The van der Waals surface area contributed by atoms with E-state index in [1.807, 2.05) is 20.8 Å². The number of carbonyl (C=O) groups is 2. The topological polar surface area (TPSA) is 46.6 Å². The van der Waals surface area contributed by atoms with Crippen LogP contribution in [0.5, 0.6) is 0 Å². The molecule has 25 heavy (non-hydrogen) atoms. The number of carbonyl (C=O) groups excluding carboxylic acids is 2. The smallest absolute Gasteiger partial charge is 0.329 e. The van der Waals surface area contributed by atoms with Crippen molar-refractivity contribution in [3.05, 3.63) is 33.8 Å². The maximum atomic E-state index is 13.1. The van der Waals surface area contributed by atoms with Gasteiger partial charge in [-0.05, 0) is 30.5 Å². The molecule has 1 aliphatic heterocycles. The third-order valence-corrected chi connectivity index (χ3v) is 6.38. The Bertz CT molecular complexity index is 639. The predicted molar refractivity (Wildman–Crippen MR) is 103 cm³/mol. The number of ether oxygens (including phenoxy) is 1. The fourth-order valence-electron chi connectivity index (χ4n) is 2.67. The van der Waals surface area contributed by atoms with Crippen LogP contribution in [-0.4, -0.2) is 40.6 Å². The van der Waals surface area contributed by atoms with Gasteiger partial charge in [0.1, 0.15) is 6.04 Å². The van der Waals surface area contributed by atoms with Gasteiger partial charge in [0, 0.05) is 11.3 Å². The molecule has 0 radical (unpaired) electrons. The van der Waals surface area contributed by atoms with Crippen molar-refractivity contribution < 1.29 is 14.3 Å². The van der Waals surface area contributed by atoms with Crippen LogP contribution in [0.3, 0.4) is 0 Å². The molecule has 1 heterocycles. The van der Waals surface area contributed by atoms with Gasteiger partial charge in [-0.2, -0.15) is 0 Å². The Morgan fingerprint density at radius 3 is 2.64 bits per heavy atom. The van der Waals surface area contributed by atoms with Crippen molar-refractivity contribution >= 4 is 46.8 Å². The highest BCUT2D eigenvalue weighted by atomic mass is 35.5. The van der Waals surface area contributed by atoms with Gasteiger partial charge < -0.3 is 9.64 Å². The quantitative estimate of drug-likeness (QED) is 0.501. The summed E-state index contributed by atoms with van der Waals surface area (Å²) in [5, 5.41) is 0.637. The average molecular weight is 404 g/mol. The molecule has 1 aromatic rings. The molecule has 2 atom stereocenters. The predicted octanol–water partition coefficient (Wildman–Crippen LogP) is 4.88. The van der Waals surface area contributed by atoms with Gasteiger partial charge in [-0.3, -0.25) is 4.79 Å². The first-order valence-corrected chi connectivity index (χ1v) is 10.2. The average Bonchev–Trinajstić information content (AvgIpc) is 3.02. The van der Waals surface area contributed by atoms with Crippen molar-refractivity contribution in [2.75, 3.05) is 12.4 Å². The van der Waals surface area contributed by atoms with Gasteiger partial charge in [-0.25, -0.2) is 4.79 Å². The van der Waals surface area contributed by atoms with Crippen molar-refractivity contribution in [1.29, 1.82) is 0 Å². The Hall–Kier alpha value is -0.910. The lowest BCUT2D eigenvalue weighted by Crippen LogP contribution is -2.47. The monoisotopic (exact) mass is 403 g/mol. The molecule has 0 saturated carbocycles. The number of amides is 1. The van der Waals surface area contributed by atoms with Crippen LogP contribution in [0.4, 0.5) is 0 Å². The molecule has 7 heteroatoms. The van der Waals surface area contributed by atoms with Crippen LogP contribution in [0.2, 0.25) is 10.0 Å².